The van der Waals surface area contributed by atoms with Gasteiger partial charge in [-0.25, -0.2) is 18.4 Å². The number of hydrogen-bond acceptors (Lipinski definition) is 8. The van der Waals surface area contributed by atoms with E-state index in [0.717, 1.165) is 22.6 Å². The van der Waals surface area contributed by atoms with E-state index in [1.54, 1.807) is 30.7 Å². The van der Waals surface area contributed by atoms with E-state index in [-0.39, 0.29) is 21.3 Å². The molecule has 1 N–H and O–H groups in total. The lowest BCUT2D eigenvalue weighted by atomic mass is 10.1. The summed E-state index contributed by atoms with van der Waals surface area (Å²) in [5.74, 6) is 1.25. The fraction of sp³-hybridized carbons (Fsp3) is 0.0455. The lowest BCUT2D eigenvalue weighted by molar-refractivity contribution is 0.398. The van der Waals surface area contributed by atoms with Gasteiger partial charge in [0.25, 0.3) is 10.0 Å². The van der Waals surface area contributed by atoms with Gasteiger partial charge in [0.1, 0.15) is 17.6 Å². The molecular weight excluding hydrogens is 448 g/mol. The molecule has 2 aromatic heterocycles. The largest absolute Gasteiger partial charge is 0.481 e. The summed E-state index contributed by atoms with van der Waals surface area (Å²) in [6.45, 7) is 0. The minimum absolute atomic E-state index is 0.0592. The van der Waals surface area contributed by atoms with Crippen LogP contribution in [-0.2, 0) is 10.0 Å². The van der Waals surface area contributed by atoms with Crippen LogP contribution >= 0.6 is 11.3 Å². The van der Waals surface area contributed by atoms with Crippen molar-refractivity contribution in [3.8, 4) is 34.7 Å². The number of pyridine rings is 1. The Bertz CT molecular complexity index is 1380. The van der Waals surface area contributed by atoms with Gasteiger partial charge in [-0.2, -0.15) is 5.26 Å². The standard InChI is InChI=1S/C22H16N4O4S2/c1-29-21-4-2-3-19(25-21)15-5-7-17(8-6-15)30-20-10-9-18(13-16(20)14-23)32(27,28)26-22-24-11-12-31-22/h2-13H,1H3,(H,24,26). The minimum Gasteiger partial charge on any atom is -0.481 e. The van der Waals surface area contributed by atoms with Gasteiger partial charge >= 0.3 is 0 Å². The molecule has 0 aliphatic rings. The Balaban J connectivity index is 1.55. The SMILES string of the molecule is COc1cccc(-c2ccc(Oc3ccc(S(=O)(=O)Nc4nccs4)cc3C#N)cc2)n1. The first-order chi connectivity index (χ1) is 15.5. The maximum Gasteiger partial charge on any atom is 0.263 e. The van der Waals surface area contributed by atoms with Gasteiger partial charge in [0.2, 0.25) is 5.88 Å². The number of rotatable bonds is 7. The van der Waals surface area contributed by atoms with Crippen molar-refractivity contribution in [2.75, 3.05) is 11.8 Å². The quantitative estimate of drug-likeness (QED) is 0.422. The summed E-state index contributed by atoms with van der Waals surface area (Å²) in [6, 6.07) is 18.7. The summed E-state index contributed by atoms with van der Waals surface area (Å²) in [6.07, 6.45) is 1.50. The molecule has 4 rings (SSSR count). The van der Waals surface area contributed by atoms with Crippen molar-refractivity contribution in [3.63, 3.8) is 0 Å². The number of benzene rings is 2. The molecule has 0 unspecified atom stereocenters. The number of nitrogens with zero attached hydrogens (tertiary/aromatic N) is 3. The van der Waals surface area contributed by atoms with Crippen molar-refractivity contribution in [1.82, 2.24) is 9.97 Å². The highest BCUT2D eigenvalue weighted by molar-refractivity contribution is 7.93. The van der Waals surface area contributed by atoms with Gasteiger partial charge in [0, 0.05) is 23.2 Å². The molecule has 0 saturated carbocycles. The summed E-state index contributed by atoms with van der Waals surface area (Å²) < 4.78 is 38.4. The molecule has 0 atom stereocenters. The zero-order chi connectivity index (χ0) is 22.6. The molecule has 160 valence electrons. The van der Waals surface area contributed by atoms with Crippen molar-refractivity contribution >= 4 is 26.5 Å². The number of nitrogens with one attached hydrogen (secondary N) is 1. The van der Waals surface area contributed by atoms with Crippen molar-refractivity contribution in [1.29, 1.82) is 5.26 Å². The molecule has 0 amide bonds. The van der Waals surface area contributed by atoms with Gasteiger partial charge in [-0.1, -0.05) is 6.07 Å². The minimum atomic E-state index is -3.87. The average Bonchev–Trinajstić information content (AvgIpc) is 3.32. The first-order valence-corrected chi connectivity index (χ1v) is 11.6. The Morgan fingerprint density at radius 1 is 1.09 bits per heavy atom. The van der Waals surface area contributed by atoms with Crippen molar-refractivity contribution in [2.24, 2.45) is 0 Å². The van der Waals surface area contributed by atoms with E-state index < -0.39 is 10.0 Å². The van der Waals surface area contributed by atoms with Crippen LogP contribution in [0.25, 0.3) is 11.3 Å². The van der Waals surface area contributed by atoms with Crippen LogP contribution in [0.4, 0.5) is 5.13 Å². The zero-order valence-electron chi connectivity index (χ0n) is 16.7. The molecule has 8 nitrogen and oxygen atoms in total. The number of nitriles is 1. The highest BCUT2D eigenvalue weighted by Crippen LogP contribution is 2.30. The van der Waals surface area contributed by atoms with Crippen LogP contribution in [0.5, 0.6) is 17.4 Å². The first-order valence-electron chi connectivity index (χ1n) is 9.24. The van der Waals surface area contributed by atoms with Gasteiger partial charge in [0.05, 0.1) is 23.3 Å². The third-order valence-corrected chi connectivity index (χ3v) is 6.50. The Kier molecular flexibility index (Phi) is 6.02. The van der Waals surface area contributed by atoms with E-state index in [1.165, 1.54) is 24.4 Å². The van der Waals surface area contributed by atoms with E-state index in [4.69, 9.17) is 9.47 Å². The third kappa shape index (κ3) is 4.69. The Labute approximate surface area is 188 Å². The Morgan fingerprint density at radius 3 is 2.59 bits per heavy atom. The molecule has 0 saturated heterocycles. The lowest BCUT2D eigenvalue weighted by Crippen LogP contribution is -2.13. The van der Waals surface area contributed by atoms with Crippen LogP contribution in [0, 0.1) is 11.3 Å². The number of sulfonamides is 1. The maximum absolute atomic E-state index is 12.5. The fourth-order valence-electron chi connectivity index (χ4n) is 2.81. The van der Waals surface area contributed by atoms with Crippen LogP contribution < -0.4 is 14.2 Å². The summed E-state index contributed by atoms with van der Waals surface area (Å²) >= 11 is 1.16. The molecule has 2 aromatic carbocycles. The van der Waals surface area contributed by atoms with E-state index in [0.29, 0.717) is 11.6 Å². The van der Waals surface area contributed by atoms with Gasteiger partial charge < -0.3 is 9.47 Å². The van der Waals surface area contributed by atoms with Gasteiger partial charge in [-0.15, -0.1) is 11.3 Å². The molecule has 0 aliphatic carbocycles. The second-order valence-corrected chi connectivity index (χ2v) is 8.98. The second-order valence-electron chi connectivity index (χ2n) is 6.40. The smallest absolute Gasteiger partial charge is 0.263 e. The van der Waals surface area contributed by atoms with E-state index >= 15 is 0 Å². The monoisotopic (exact) mass is 464 g/mol. The first kappa shape index (κ1) is 21.3. The van der Waals surface area contributed by atoms with E-state index in [9.17, 15) is 13.7 Å². The molecule has 0 bridgehead atoms. The molecule has 0 fully saturated rings. The van der Waals surface area contributed by atoms with Crippen molar-refractivity contribution in [2.45, 2.75) is 4.90 Å². The normalized spacial score (nSPS) is 10.9. The average molecular weight is 465 g/mol. The second kappa shape index (κ2) is 9.05. The number of ether oxygens (including phenoxy) is 2. The van der Waals surface area contributed by atoms with Gasteiger partial charge in [0.15, 0.2) is 5.13 Å². The summed E-state index contributed by atoms with van der Waals surface area (Å²) in [5, 5.41) is 11.4. The molecule has 2 heterocycles. The van der Waals surface area contributed by atoms with Crippen LogP contribution in [-0.4, -0.2) is 25.5 Å². The molecule has 0 spiro atoms. The highest BCUT2D eigenvalue weighted by Gasteiger charge is 2.18. The molecular formula is C22H16N4O4S2. The molecule has 4 aromatic rings. The van der Waals surface area contributed by atoms with Crippen LogP contribution in [0.2, 0.25) is 0 Å². The number of hydrogen-bond donors (Lipinski definition) is 1. The van der Waals surface area contributed by atoms with Crippen LogP contribution in [0.15, 0.2) is 77.1 Å². The number of anilines is 1. The predicted molar refractivity (Wildman–Crippen MR) is 120 cm³/mol. The van der Waals surface area contributed by atoms with E-state index in [1.807, 2.05) is 30.3 Å². The molecule has 0 aliphatic heterocycles. The fourth-order valence-corrected chi connectivity index (χ4v) is 4.62. The Morgan fingerprint density at radius 2 is 1.91 bits per heavy atom. The molecule has 10 heteroatoms. The third-order valence-electron chi connectivity index (χ3n) is 4.35. The predicted octanol–water partition coefficient (Wildman–Crippen LogP) is 4.68. The number of thiazole rings is 1. The molecule has 0 radical (unpaired) electrons. The topological polar surface area (TPSA) is 114 Å². The summed E-state index contributed by atoms with van der Waals surface area (Å²) in [4.78, 5) is 8.24. The maximum atomic E-state index is 12.5. The van der Waals surface area contributed by atoms with Crippen LogP contribution in [0.1, 0.15) is 5.56 Å². The van der Waals surface area contributed by atoms with Crippen LogP contribution in [0.3, 0.4) is 0 Å². The zero-order valence-corrected chi connectivity index (χ0v) is 18.4. The van der Waals surface area contributed by atoms with Crippen molar-refractivity contribution < 1.29 is 17.9 Å². The van der Waals surface area contributed by atoms with E-state index in [2.05, 4.69) is 14.7 Å². The summed E-state index contributed by atoms with van der Waals surface area (Å²) in [5.41, 5.74) is 1.70. The van der Waals surface area contributed by atoms with Gasteiger partial charge in [-0.3, -0.25) is 4.72 Å². The Hall–Kier alpha value is -3.94. The number of aromatic nitrogens is 2. The van der Waals surface area contributed by atoms with Gasteiger partial charge in [-0.05, 0) is 48.5 Å². The number of methoxy groups -OCH3 is 1. The molecule has 32 heavy (non-hydrogen) atoms. The highest BCUT2D eigenvalue weighted by atomic mass is 32.2. The summed E-state index contributed by atoms with van der Waals surface area (Å²) in [7, 11) is -2.32. The lowest BCUT2D eigenvalue weighted by Gasteiger charge is -2.11. The van der Waals surface area contributed by atoms with Crippen molar-refractivity contribution in [3.05, 3.63) is 77.8 Å².